The van der Waals surface area contributed by atoms with Gasteiger partial charge in [0.15, 0.2) is 5.78 Å². The van der Waals surface area contributed by atoms with E-state index in [2.05, 4.69) is 26.6 Å². The van der Waals surface area contributed by atoms with E-state index in [0.717, 1.165) is 4.47 Å². The molecule has 0 saturated carbocycles. The van der Waals surface area contributed by atoms with Crippen LogP contribution in [0.3, 0.4) is 0 Å². The number of hydrogen-bond donors (Lipinski definition) is 2. The molecule has 2 aromatic carbocycles. The fourth-order valence-electron chi connectivity index (χ4n) is 2.92. The summed E-state index contributed by atoms with van der Waals surface area (Å²) in [5, 5.41) is 6.04. The molecule has 0 fully saturated rings. The first-order valence-corrected chi connectivity index (χ1v) is 8.99. The highest BCUT2D eigenvalue weighted by molar-refractivity contribution is 9.10. The lowest BCUT2D eigenvalue weighted by Crippen LogP contribution is -2.45. The molecule has 0 bridgehead atoms. The minimum Gasteiger partial charge on any atom is -0.496 e. The molecule has 0 saturated heterocycles. The number of ether oxygens (including phenoxy) is 1. The van der Waals surface area contributed by atoms with Crippen molar-refractivity contribution < 1.29 is 14.3 Å². The van der Waals surface area contributed by atoms with Gasteiger partial charge in [-0.3, -0.25) is 4.79 Å². The first kappa shape index (κ1) is 18.5. The third kappa shape index (κ3) is 3.61. The zero-order valence-corrected chi connectivity index (χ0v) is 16.4. The zero-order chi connectivity index (χ0) is 18.8. The van der Waals surface area contributed by atoms with Crippen LogP contribution in [0.1, 0.15) is 28.9 Å². The van der Waals surface area contributed by atoms with Crippen LogP contribution < -0.4 is 15.4 Å². The summed E-state index contributed by atoms with van der Waals surface area (Å²) in [5.74, 6) is 0.383. The topological polar surface area (TPSA) is 67.4 Å². The fraction of sp³-hybridized carbons (Fsp3) is 0.158. The van der Waals surface area contributed by atoms with E-state index in [1.54, 1.807) is 44.4 Å². The van der Waals surface area contributed by atoms with E-state index in [-0.39, 0.29) is 11.8 Å². The van der Waals surface area contributed by atoms with Gasteiger partial charge in [0.25, 0.3) is 0 Å². The monoisotopic (exact) mass is 434 g/mol. The molecule has 0 spiro atoms. The fourth-order valence-corrected chi connectivity index (χ4v) is 3.42. The van der Waals surface area contributed by atoms with E-state index in [4.69, 9.17) is 16.3 Å². The highest BCUT2D eigenvalue weighted by Crippen LogP contribution is 2.36. The van der Waals surface area contributed by atoms with Gasteiger partial charge < -0.3 is 15.4 Å². The van der Waals surface area contributed by atoms with E-state index in [1.807, 2.05) is 12.1 Å². The number of hydrogen-bond acceptors (Lipinski definition) is 3. The van der Waals surface area contributed by atoms with Crippen LogP contribution in [0, 0.1) is 0 Å². The molecule has 5 nitrogen and oxygen atoms in total. The van der Waals surface area contributed by atoms with Crippen molar-refractivity contribution in [2.24, 2.45) is 0 Å². The Morgan fingerprint density at radius 3 is 2.54 bits per heavy atom. The summed E-state index contributed by atoms with van der Waals surface area (Å²) >= 11 is 9.35. The molecule has 1 aliphatic rings. The van der Waals surface area contributed by atoms with Crippen LogP contribution in [0.4, 0.5) is 4.79 Å². The molecule has 0 radical (unpaired) electrons. The maximum atomic E-state index is 13.2. The lowest BCUT2D eigenvalue weighted by molar-refractivity contribution is 0.102. The first-order valence-electron chi connectivity index (χ1n) is 7.82. The normalized spacial score (nSPS) is 16.8. The van der Waals surface area contributed by atoms with Gasteiger partial charge in [0.1, 0.15) is 5.75 Å². The van der Waals surface area contributed by atoms with Crippen LogP contribution in [0.2, 0.25) is 5.02 Å². The molecule has 134 valence electrons. The van der Waals surface area contributed by atoms with Gasteiger partial charge in [-0.1, -0.05) is 27.5 Å². The van der Waals surface area contributed by atoms with Gasteiger partial charge in [-0.2, -0.15) is 0 Å². The number of rotatable bonds is 4. The van der Waals surface area contributed by atoms with Gasteiger partial charge >= 0.3 is 6.03 Å². The summed E-state index contributed by atoms with van der Waals surface area (Å²) in [6, 6.07) is 11.1. The van der Waals surface area contributed by atoms with Crippen molar-refractivity contribution in [2.45, 2.75) is 13.0 Å². The van der Waals surface area contributed by atoms with Gasteiger partial charge in [0.05, 0.1) is 13.2 Å². The van der Waals surface area contributed by atoms with Crippen molar-refractivity contribution in [1.82, 2.24) is 10.6 Å². The standard InChI is InChI=1S/C19H16BrClN2O3/c1-10-16(18(24)11-3-6-13(21)7-4-11)17(23-19(25)22-10)14-9-12(20)5-8-15(14)26-2/h3-9,17H,1-2H3,(H2,22,23,25). The Hall–Kier alpha value is -2.31. The molecule has 3 rings (SSSR count). The Morgan fingerprint density at radius 1 is 1.19 bits per heavy atom. The molecule has 26 heavy (non-hydrogen) atoms. The second kappa shape index (κ2) is 7.51. The molecule has 1 unspecified atom stereocenters. The van der Waals surface area contributed by atoms with Gasteiger partial charge in [-0.25, -0.2) is 4.79 Å². The van der Waals surface area contributed by atoms with Crippen molar-refractivity contribution in [3.05, 3.63) is 74.4 Å². The Bertz CT molecular complexity index is 910. The summed E-state index contributed by atoms with van der Waals surface area (Å²) in [6.07, 6.45) is 0. The number of Topliss-reactive ketones (excluding diaryl/α,β-unsaturated/α-hetero) is 1. The number of benzene rings is 2. The van der Waals surface area contributed by atoms with Crippen molar-refractivity contribution >= 4 is 39.3 Å². The predicted molar refractivity (Wildman–Crippen MR) is 104 cm³/mol. The number of halogens is 2. The number of methoxy groups -OCH3 is 1. The van der Waals surface area contributed by atoms with Gasteiger partial charge in [-0.05, 0) is 49.4 Å². The summed E-state index contributed by atoms with van der Waals surface area (Å²) < 4.78 is 6.25. The van der Waals surface area contributed by atoms with Crippen molar-refractivity contribution in [2.75, 3.05) is 7.11 Å². The number of nitrogens with one attached hydrogen (secondary N) is 2. The Labute approximate surface area is 164 Å². The molecule has 7 heteroatoms. The molecule has 2 aromatic rings. The smallest absolute Gasteiger partial charge is 0.319 e. The van der Waals surface area contributed by atoms with Crippen LogP contribution >= 0.6 is 27.5 Å². The van der Waals surface area contributed by atoms with Gasteiger partial charge in [-0.15, -0.1) is 0 Å². The Morgan fingerprint density at radius 2 is 1.88 bits per heavy atom. The van der Waals surface area contributed by atoms with E-state index in [0.29, 0.717) is 33.2 Å². The van der Waals surface area contributed by atoms with Crippen LogP contribution in [-0.2, 0) is 0 Å². The van der Waals surface area contributed by atoms with Crippen molar-refractivity contribution in [1.29, 1.82) is 0 Å². The highest BCUT2D eigenvalue weighted by atomic mass is 79.9. The molecule has 2 N–H and O–H groups in total. The average molecular weight is 436 g/mol. The van der Waals surface area contributed by atoms with Crippen molar-refractivity contribution in [3.63, 3.8) is 0 Å². The number of carbonyl (C=O) groups excluding carboxylic acids is 2. The van der Waals surface area contributed by atoms with E-state index in [1.165, 1.54) is 0 Å². The molecule has 1 atom stereocenters. The Kier molecular flexibility index (Phi) is 5.34. The van der Waals surface area contributed by atoms with E-state index < -0.39 is 6.04 Å². The van der Waals surface area contributed by atoms with E-state index in [9.17, 15) is 9.59 Å². The largest absolute Gasteiger partial charge is 0.496 e. The summed E-state index contributed by atoms with van der Waals surface area (Å²) in [6.45, 7) is 1.71. The second-order valence-electron chi connectivity index (χ2n) is 5.79. The molecule has 1 aliphatic heterocycles. The molecule has 1 heterocycles. The lowest BCUT2D eigenvalue weighted by atomic mass is 9.89. The summed E-state index contributed by atoms with van der Waals surface area (Å²) in [4.78, 5) is 25.2. The summed E-state index contributed by atoms with van der Waals surface area (Å²) in [7, 11) is 1.55. The highest BCUT2D eigenvalue weighted by Gasteiger charge is 2.33. The lowest BCUT2D eigenvalue weighted by Gasteiger charge is -2.29. The third-order valence-electron chi connectivity index (χ3n) is 4.12. The van der Waals surface area contributed by atoms with Crippen molar-refractivity contribution in [3.8, 4) is 5.75 Å². The number of ketones is 1. The SMILES string of the molecule is COc1ccc(Br)cc1C1NC(=O)NC(C)=C1C(=O)c1ccc(Cl)cc1. The maximum absolute atomic E-state index is 13.2. The maximum Gasteiger partial charge on any atom is 0.319 e. The zero-order valence-electron chi connectivity index (χ0n) is 14.1. The average Bonchev–Trinajstić information content (AvgIpc) is 2.61. The molecule has 2 amide bonds. The van der Waals surface area contributed by atoms with Gasteiger partial charge in [0, 0.05) is 31.9 Å². The van der Waals surface area contributed by atoms with Crippen LogP contribution in [0.25, 0.3) is 0 Å². The number of carbonyl (C=O) groups is 2. The Balaban J connectivity index is 2.12. The minimum atomic E-state index is -0.639. The van der Waals surface area contributed by atoms with Crippen LogP contribution in [-0.4, -0.2) is 18.9 Å². The molecular formula is C19H16BrClN2O3. The number of urea groups is 1. The number of amides is 2. The van der Waals surface area contributed by atoms with E-state index >= 15 is 0 Å². The number of allylic oxidation sites excluding steroid dienone is 1. The molecule has 0 aliphatic carbocycles. The predicted octanol–water partition coefficient (Wildman–Crippen LogP) is 4.62. The third-order valence-corrected chi connectivity index (χ3v) is 4.87. The first-order chi connectivity index (χ1) is 12.4. The quantitative estimate of drug-likeness (QED) is 0.689. The minimum absolute atomic E-state index is 0.196. The second-order valence-corrected chi connectivity index (χ2v) is 7.14. The molecular weight excluding hydrogens is 420 g/mol. The van der Waals surface area contributed by atoms with Gasteiger partial charge in [0.2, 0.25) is 0 Å². The molecule has 0 aromatic heterocycles. The van der Waals surface area contributed by atoms with Crippen LogP contribution in [0.5, 0.6) is 5.75 Å². The van der Waals surface area contributed by atoms with Crippen LogP contribution in [0.15, 0.2) is 58.2 Å². The summed E-state index contributed by atoms with van der Waals surface area (Å²) in [5.41, 5.74) is 2.12.